The summed E-state index contributed by atoms with van der Waals surface area (Å²) in [5, 5.41) is 4.26. The molecule has 2 N–H and O–H groups in total. The lowest BCUT2D eigenvalue weighted by atomic mass is 9.68. The monoisotopic (exact) mass is 687 g/mol. The predicted octanol–water partition coefficient (Wildman–Crippen LogP) is 6.10. The molecule has 0 radical (unpaired) electrons. The molecule has 1 saturated heterocycles. The molecule has 47 heavy (non-hydrogen) atoms. The van der Waals surface area contributed by atoms with Gasteiger partial charge in [-0.25, -0.2) is 0 Å². The highest BCUT2D eigenvalue weighted by atomic mass is 35.5. The number of amides is 3. The summed E-state index contributed by atoms with van der Waals surface area (Å²) in [6.07, 6.45) is 0.799. The molecule has 3 aromatic carbocycles. The molecule has 3 amide bonds. The second-order valence-corrected chi connectivity index (χ2v) is 15.2. The number of fused-ring (bicyclic) bond motifs is 9. The third kappa shape index (κ3) is 4.98. The van der Waals surface area contributed by atoms with Crippen molar-refractivity contribution in [1.29, 1.82) is 0 Å². The summed E-state index contributed by atoms with van der Waals surface area (Å²) in [4.78, 5) is 58.4. The number of carbonyl (C=O) groups excluding carboxylic acids is 3. The standard InChI is InChI=1S/C35H30ClN3O6S2/c1-16-3-10-20(11-4-16)39-33(41)28-21-14-22(29(28)34(39)42)30-27(21)26(31-32(46-30)38-35(43)47-31)17-5-12-23(24(13-17)44-2)45-15-25(40)37-19-8-6-18(36)7-9-19/h3-13,21-22,26-30H,14-15H2,1-2H3,(H,37,40)(H,38,43)/t21?,22?,26-,27?,28?,29?,30?/m1/s1. The Kier molecular flexibility index (Phi) is 7.46. The fraction of sp³-hybridized carbons (Fsp3) is 0.314. The molecule has 2 aliphatic carbocycles. The van der Waals surface area contributed by atoms with Gasteiger partial charge in [-0.05, 0) is 85.2 Å². The van der Waals surface area contributed by atoms with E-state index in [1.165, 1.54) is 16.2 Å². The van der Waals surface area contributed by atoms with Crippen molar-refractivity contribution < 1.29 is 23.9 Å². The van der Waals surface area contributed by atoms with Crippen LogP contribution in [0.4, 0.5) is 11.4 Å². The average molecular weight is 688 g/mol. The van der Waals surface area contributed by atoms with Crippen molar-refractivity contribution >= 4 is 63.8 Å². The van der Waals surface area contributed by atoms with Gasteiger partial charge in [-0.15, -0.1) is 11.8 Å². The SMILES string of the molecule is COc1cc([C@H]2c3sc(=O)[nH]c3SC3C4CC(C5C(=O)N(c6ccc(C)cc6)C(=O)C45)C32)ccc1OCC(=O)Nc1ccc(Cl)cc1. The molecular formula is C35H30ClN3O6S2. The highest BCUT2D eigenvalue weighted by Gasteiger charge is 2.69. The van der Waals surface area contributed by atoms with E-state index in [0.29, 0.717) is 27.9 Å². The highest BCUT2D eigenvalue weighted by molar-refractivity contribution is 8.00. The third-order valence-electron chi connectivity index (χ3n) is 10.0. The number of thioether (sulfide) groups is 1. The molecule has 2 saturated carbocycles. The van der Waals surface area contributed by atoms with E-state index in [1.54, 1.807) is 49.2 Å². The van der Waals surface area contributed by atoms with Crippen LogP contribution in [0, 0.1) is 36.5 Å². The van der Waals surface area contributed by atoms with Crippen LogP contribution in [0.15, 0.2) is 76.6 Å². The maximum atomic E-state index is 14.0. The van der Waals surface area contributed by atoms with Crippen molar-refractivity contribution in [3.8, 4) is 11.5 Å². The largest absolute Gasteiger partial charge is 0.493 e. The van der Waals surface area contributed by atoms with Gasteiger partial charge in [0.1, 0.15) is 0 Å². The van der Waals surface area contributed by atoms with Gasteiger partial charge in [-0.3, -0.25) is 24.1 Å². The van der Waals surface area contributed by atoms with E-state index in [4.69, 9.17) is 21.1 Å². The van der Waals surface area contributed by atoms with Crippen molar-refractivity contribution in [3.63, 3.8) is 0 Å². The number of imide groups is 1. The van der Waals surface area contributed by atoms with Crippen molar-refractivity contribution in [1.82, 2.24) is 4.98 Å². The number of H-pyrrole nitrogens is 1. The summed E-state index contributed by atoms with van der Waals surface area (Å²) in [7, 11) is 1.55. The Morgan fingerprint density at radius 2 is 1.70 bits per heavy atom. The number of nitrogens with zero attached hydrogens (tertiary/aromatic N) is 1. The molecule has 240 valence electrons. The Morgan fingerprint density at radius 1 is 0.979 bits per heavy atom. The number of hydrogen-bond acceptors (Lipinski definition) is 8. The molecule has 2 bridgehead atoms. The molecule has 3 heterocycles. The van der Waals surface area contributed by atoms with Crippen LogP contribution in [0.3, 0.4) is 0 Å². The number of rotatable bonds is 7. The molecule has 3 fully saturated rings. The van der Waals surface area contributed by atoms with E-state index in [-0.39, 0.29) is 70.0 Å². The summed E-state index contributed by atoms with van der Waals surface area (Å²) in [6.45, 7) is 1.75. The van der Waals surface area contributed by atoms with Crippen LogP contribution in [-0.4, -0.2) is 41.7 Å². The van der Waals surface area contributed by atoms with Crippen molar-refractivity contribution in [2.45, 2.75) is 29.5 Å². The van der Waals surface area contributed by atoms with E-state index in [2.05, 4.69) is 10.3 Å². The zero-order valence-corrected chi connectivity index (χ0v) is 27.8. The number of thiazole rings is 1. The van der Waals surface area contributed by atoms with Gasteiger partial charge in [-0.1, -0.05) is 46.7 Å². The molecule has 2 aliphatic heterocycles. The van der Waals surface area contributed by atoms with Crippen LogP contribution in [0.25, 0.3) is 0 Å². The number of aromatic amines is 1. The Labute approximate surface area is 283 Å². The Morgan fingerprint density at radius 3 is 2.43 bits per heavy atom. The number of benzene rings is 3. The minimum Gasteiger partial charge on any atom is -0.493 e. The first-order chi connectivity index (χ1) is 22.7. The van der Waals surface area contributed by atoms with Crippen LogP contribution in [0.1, 0.15) is 28.3 Å². The predicted molar refractivity (Wildman–Crippen MR) is 181 cm³/mol. The number of halogens is 1. The number of methoxy groups -OCH3 is 1. The van der Waals surface area contributed by atoms with Crippen LogP contribution in [0.5, 0.6) is 11.5 Å². The quantitative estimate of drug-likeness (QED) is 0.226. The number of aromatic nitrogens is 1. The van der Waals surface area contributed by atoms with Gasteiger partial charge in [0.05, 0.1) is 29.7 Å². The van der Waals surface area contributed by atoms with Gasteiger partial charge < -0.3 is 19.8 Å². The topological polar surface area (TPSA) is 118 Å². The van der Waals surface area contributed by atoms with E-state index in [0.717, 1.165) is 27.5 Å². The maximum Gasteiger partial charge on any atom is 0.305 e. The first-order valence-corrected chi connectivity index (χ1v) is 17.5. The van der Waals surface area contributed by atoms with Crippen molar-refractivity contribution in [3.05, 3.63) is 97.4 Å². The smallest absolute Gasteiger partial charge is 0.305 e. The van der Waals surface area contributed by atoms with Gasteiger partial charge in [0.15, 0.2) is 18.1 Å². The number of hydrogen-bond donors (Lipinski definition) is 2. The zero-order valence-electron chi connectivity index (χ0n) is 25.4. The molecule has 4 aromatic rings. The minimum atomic E-state index is -0.390. The van der Waals surface area contributed by atoms with Crippen LogP contribution in [-0.2, 0) is 14.4 Å². The number of ether oxygens (including phenoxy) is 2. The number of carbonyl (C=O) groups is 3. The first kappa shape index (κ1) is 30.3. The average Bonchev–Trinajstić information content (AvgIpc) is 3.80. The molecule has 6 unspecified atom stereocenters. The number of nitrogens with one attached hydrogen (secondary N) is 2. The van der Waals surface area contributed by atoms with E-state index in [1.807, 2.05) is 43.3 Å². The molecule has 4 aliphatic rings. The lowest BCUT2D eigenvalue weighted by molar-refractivity contribution is -0.123. The molecule has 12 heteroatoms. The second kappa shape index (κ2) is 11.6. The summed E-state index contributed by atoms with van der Waals surface area (Å²) >= 11 is 8.79. The molecular weight excluding hydrogens is 658 g/mol. The number of aryl methyl sites for hydroxylation is 1. The number of anilines is 2. The molecule has 9 nitrogen and oxygen atoms in total. The highest BCUT2D eigenvalue weighted by Crippen LogP contribution is 2.68. The lowest BCUT2D eigenvalue weighted by Gasteiger charge is -2.43. The van der Waals surface area contributed by atoms with Gasteiger partial charge in [0.25, 0.3) is 5.91 Å². The second-order valence-electron chi connectivity index (χ2n) is 12.6. The fourth-order valence-electron chi connectivity index (χ4n) is 8.21. The van der Waals surface area contributed by atoms with Crippen LogP contribution in [0.2, 0.25) is 5.02 Å². The molecule has 0 spiro atoms. The van der Waals surface area contributed by atoms with Crippen molar-refractivity contribution in [2.75, 3.05) is 23.9 Å². The van der Waals surface area contributed by atoms with Crippen LogP contribution < -0.4 is 24.6 Å². The molecule has 8 rings (SSSR count). The van der Waals surface area contributed by atoms with Crippen molar-refractivity contribution in [2.24, 2.45) is 29.6 Å². The van der Waals surface area contributed by atoms with E-state index < -0.39 is 0 Å². The summed E-state index contributed by atoms with van der Waals surface area (Å²) in [6, 6.07) is 20.0. The van der Waals surface area contributed by atoms with Gasteiger partial charge in [-0.2, -0.15) is 0 Å². The molecule has 7 atom stereocenters. The maximum absolute atomic E-state index is 14.0. The van der Waals surface area contributed by atoms with Gasteiger partial charge in [0, 0.05) is 26.8 Å². The summed E-state index contributed by atoms with van der Waals surface area (Å²) in [5.74, 6) is -0.574. The Balaban J connectivity index is 1.09. The zero-order chi connectivity index (χ0) is 32.6. The Hall–Kier alpha value is -4.06. The van der Waals surface area contributed by atoms with Gasteiger partial charge in [0.2, 0.25) is 11.8 Å². The van der Waals surface area contributed by atoms with E-state index in [9.17, 15) is 19.2 Å². The summed E-state index contributed by atoms with van der Waals surface area (Å²) in [5.41, 5.74) is 3.22. The van der Waals surface area contributed by atoms with E-state index >= 15 is 0 Å². The molecule has 1 aromatic heterocycles. The summed E-state index contributed by atoms with van der Waals surface area (Å²) < 4.78 is 11.6. The third-order valence-corrected chi connectivity index (χ3v) is 12.9. The Bertz CT molecular complexity index is 1980. The van der Waals surface area contributed by atoms with Crippen LogP contribution >= 0.6 is 34.7 Å². The minimum absolute atomic E-state index is 0.0109. The fourth-order valence-corrected chi connectivity index (χ4v) is 11.2. The lowest BCUT2D eigenvalue weighted by Crippen LogP contribution is -2.42. The first-order valence-electron chi connectivity index (χ1n) is 15.4. The normalized spacial score (nSPS) is 27.0. The van der Waals surface area contributed by atoms with Gasteiger partial charge >= 0.3 is 4.87 Å².